The van der Waals surface area contributed by atoms with Crippen molar-refractivity contribution in [2.45, 2.75) is 6.92 Å². The van der Waals surface area contributed by atoms with Gasteiger partial charge in [0.25, 0.3) is 0 Å². The summed E-state index contributed by atoms with van der Waals surface area (Å²) in [5, 5.41) is 0. The van der Waals surface area contributed by atoms with E-state index in [1.165, 1.54) is 6.54 Å². The van der Waals surface area contributed by atoms with Gasteiger partial charge in [0.1, 0.15) is 0 Å². The van der Waals surface area contributed by atoms with Crippen LogP contribution in [0.1, 0.15) is 6.92 Å². The summed E-state index contributed by atoms with van der Waals surface area (Å²) in [5.74, 6) is 0. The SMILES string of the molecule is CC[N](C)[GeH3]. The molecule has 2 heteroatoms. The van der Waals surface area contributed by atoms with Crippen LogP contribution in [0.3, 0.4) is 0 Å². The Balaban J connectivity index is 2.54. The molecule has 0 spiro atoms. The second-order valence-electron chi connectivity index (χ2n) is 1.40. The topological polar surface area (TPSA) is 3.24 Å². The second kappa shape index (κ2) is 2.72. The van der Waals surface area contributed by atoms with Gasteiger partial charge < -0.3 is 0 Å². The van der Waals surface area contributed by atoms with Gasteiger partial charge in [-0.15, -0.1) is 0 Å². The van der Waals surface area contributed by atoms with Gasteiger partial charge in [0, 0.05) is 0 Å². The molecule has 0 aromatic rings. The van der Waals surface area contributed by atoms with Crippen molar-refractivity contribution < 1.29 is 0 Å². The zero-order chi connectivity index (χ0) is 4.28. The molecule has 0 fully saturated rings. The first kappa shape index (κ1) is 5.50. The van der Waals surface area contributed by atoms with Gasteiger partial charge in [0.05, 0.1) is 0 Å². The van der Waals surface area contributed by atoms with Crippen LogP contribution in [0, 0.1) is 0 Å². The van der Waals surface area contributed by atoms with Crippen molar-refractivity contribution in [1.29, 1.82) is 0 Å². The Hall–Kier alpha value is 0.503. The average molecular weight is 134 g/mol. The molecule has 1 nitrogen and oxygen atoms in total. The molecule has 0 saturated carbocycles. The molecule has 0 rings (SSSR count). The van der Waals surface area contributed by atoms with Crippen LogP contribution < -0.4 is 0 Å². The van der Waals surface area contributed by atoms with E-state index in [-0.39, 0.29) is 0 Å². The van der Waals surface area contributed by atoms with Crippen molar-refractivity contribution in [1.82, 2.24) is 3.86 Å². The number of hydrogen-bond acceptors (Lipinski definition) is 1. The molecule has 0 aliphatic rings. The van der Waals surface area contributed by atoms with E-state index in [1.807, 2.05) is 0 Å². The first-order valence-corrected chi connectivity index (χ1v) is 3.79. The van der Waals surface area contributed by atoms with E-state index >= 15 is 0 Å². The van der Waals surface area contributed by atoms with E-state index in [0.717, 1.165) is 16.7 Å². The summed E-state index contributed by atoms with van der Waals surface area (Å²) in [5.41, 5.74) is 0. The van der Waals surface area contributed by atoms with Crippen LogP contribution in [0.5, 0.6) is 0 Å². The summed E-state index contributed by atoms with van der Waals surface area (Å²) in [7, 11) is 2.14. The summed E-state index contributed by atoms with van der Waals surface area (Å²) in [6.07, 6.45) is 0. The van der Waals surface area contributed by atoms with Gasteiger partial charge in [-0.05, 0) is 0 Å². The molecule has 0 atom stereocenters. The van der Waals surface area contributed by atoms with Gasteiger partial charge >= 0.3 is 41.1 Å². The Morgan fingerprint density at radius 3 is 2.00 bits per heavy atom. The molecule has 0 radical (unpaired) electrons. The Labute approximate surface area is 41.8 Å². The van der Waals surface area contributed by atoms with Crippen LogP contribution in [0.15, 0.2) is 0 Å². The van der Waals surface area contributed by atoms with Crippen molar-refractivity contribution >= 4 is 16.7 Å². The van der Waals surface area contributed by atoms with Crippen LogP contribution in [0.4, 0.5) is 0 Å². The summed E-state index contributed by atoms with van der Waals surface area (Å²) in [6, 6.07) is 0. The molecular weight excluding hydrogens is 123 g/mol. The van der Waals surface area contributed by atoms with E-state index < -0.39 is 0 Å². The molecule has 0 bridgehead atoms. The van der Waals surface area contributed by atoms with Crippen LogP contribution in [0.2, 0.25) is 0 Å². The van der Waals surface area contributed by atoms with Gasteiger partial charge in [0.15, 0.2) is 0 Å². The standard InChI is InChI=1S/C3H11GeN/c1-3-5(2)4/h3H2,1-2,4H3. The van der Waals surface area contributed by atoms with Crippen molar-refractivity contribution in [2.75, 3.05) is 13.6 Å². The third kappa shape index (κ3) is 4.50. The summed E-state index contributed by atoms with van der Waals surface area (Å²) < 4.78 is 2.31. The normalized spacial score (nSPS) is 10.2. The molecule has 0 aliphatic heterocycles. The van der Waals surface area contributed by atoms with Crippen LogP contribution >= 0.6 is 0 Å². The number of nitrogens with zero attached hydrogens (tertiary/aromatic N) is 1. The van der Waals surface area contributed by atoms with E-state index in [0.29, 0.717) is 0 Å². The zero-order valence-electron chi connectivity index (χ0n) is 4.15. The predicted octanol–water partition coefficient (Wildman–Crippen LogP) is -0.782. The fraction of sp³-hybridized carbons (Fsp3) is 1.00. The monoisotopic (exact) mass is 135 g/mol. The molecule has 5 heavy (non-hydrogen) atoms. The molecule has 0 saturated heterocycles. The fourth-order valence-electron chi connectivity index (χ4n) is 0. The van der Waals surface area contributed by atoms with Gasteiger partial charge in [-0.2, -0.15) is 0 Å². The Bertz CT molecular complexity index is 20.9. The molecule has 0 aromatic heterocycles. The zero-order valence-corrected chi connectivity index (χ0v) is 8.35. The van der Waals surface area contributed by atoms with E-state index in [2.05, 4.69) is 17.8 Å². The molecule has 0 unspecified atom stereocenters. The molecule has 0 aliphatic carbocycles. The van der Waals surface area contributed by atoms with E-state index in [1.54, 1.807) is 0 Å². The summed E-state index contributed by atoms with van der Waals surface area (Å²) in [6.45, 7) is 3.39. The Morgan fingerprint density at radius 2 is 2.00 bits per heavy atom. The summed E-state index contributed by atoms with van der Waals surface area (Å²) in [4.78, 5) is 0. The summed E-state index contributed by atoms with van der Waals surface area (Å²) >= 11 is 0.905. The van der Waals surface area contributed by atoms with Crippen molar-refractivity contribution in [3.63, 3.8) is 0 Å². The molecule has 0 heterocycles. The maximum absolute atomic E-state index is 2.31. The minimum atomic E-state index is 0.905. The van der Waals surface area contributed by atoms with Gasteiger partial charge in [-0.25, -0.2) is 0 Å². The first-order chi connectivity index (χ1) is 2.27. The molecule has 32 valence electrons. The third-order valence-corrected chi connectivity index (χ3v) is 1.96. The van der Waals surface area contributed by atoms with E-state index in [9.17, 15) is 0 Å². The Morgan fingerprint density at radius 1 is 1.80 bits per heavy atom. The second-order valence-corrected chi connectivity index (χ2v) is 4.60. The van der Waals surface area contributed by atoms with Crippen molar-refractivity contribution in [3.05, 3.63) is 0 Å². The van der Waals surface area contributed by atoms with Gasteiger partial charge in [-0.3, -0.25) is 0 Å². The average Bonchev–Trinajstić information content (AvgIpc) is 1.38. The third-order valence-electron chi connectivity index (χ3n) is 0.632. The number of rotatable bonds is 1. The molecule has 0 amide bonds. The molecular formula is C3H11GeN. The van der Waals surface area contributed by atoms with Crippen molar-refractivity contribution in [2.24, 2.45) is 0 Å². The fourth-order valence-corrected chi connectivity index (χ4v) is 0. The predicted molar refractivity (Wildman–Crippen MR) is 28.2 cm³/mol. The van der Waals surface area contributed by atoms with Crippen LogP contribution in [0.25, 0.3) is 0 Å². The molecule has 0 aromatic carbocycles. The minimum absolute atomic E-state index is 0.905. The van der Waals surface area contributed by atoms with Crippen LogP contribution in [-0.4, -0.2) is 34.2 Å². The van der Waals surface area contributed by atoms with Crippen molar-refractivity contribution in [3.8, 4) is 0 Å². The quantitative estimate of drug-likeness (QED) is 0.425. The van der Waals surface area contributed by atoms with Crippen LogP contribution in [-0.2, 0) is 0 Å². The Kier molecular flexibility index (Phi) is 3.00. The maximum atomic E-state index is 2.31. The first-order valence-electron chi connectivity index (χ1n) is 1.92. The molecule has 0 N–H and O–H groups in total. The number of hydrogen-bond donors (Lipinski definition) is 0. The van der Waals surface area contributed by atoms with Gasteiger partial charge in [0.2, 0.25) is 0 Å². The van der Waals surface area contributed by atoms with Gasteiger partial charge in [-0.1, -0.05) is 0 Å². The van der Waals surface area contributed by atoms with E-state index in [4.69, 9.17) is 0 Å².